The van der Waals surface area contributed by atoms with Crippen molar-refractivity contribution in [1.29, 1.82) is 0 Å². The van der Waals surface area contributed by atoms with Crippen LogP contribution in [0.15, 0.2) is 0 Å². The van der Waals surface area contributed by atoms with Crippen molar-refractivity contribution in [3.8, 4) is 0 Å². The lowest BCUT2D eigenvalue weighted by Crippen LogP contribution is -2.16. The molecule has 124 valence electrons. The second-order valence-electron chi connectivity index (χ2n) is 6.19. The van der Waals surface area contributed by atoms with Gasteiger partial charge in [-0.2, -0.15) is 0 Å². The number of hydrogen-bond donors (Lipinski definition) is 1. The van der Waals surface area contributed by atoms with E-state index in [2.05, 4.69) is 5.32 Å². The zero-order chi connectivity index (χ0) is 15.8. The van der Waals surface area contributed by atoms with Crippen LogP contribution in [0.2, 0.25) is 0 Å². The molecule has 0 amide bonds. The highest BCUT2D eigenvalue weighted by atomic mass is 16.1. The minimum Gasteiger partial charge on any atom is -0.317 e. The number of rotatable bonds is 16. The Kier molecular flexibility index (Phi) is 15.2. The molecule has 0 unspecified atom stereocenters. The van der Waals surface area contributed by atoms with Gasteiger partial charge in [0.2, 0.25) is 0 Å². The maximum Gasteiger partial charge on any atom is 0.129 e. The van der Waals surface area contributed by atoms with Gasteiger partial charge in [0, 0.05) is 12.8 Å². The van der Waals surface area contributed by atoms with Gasteiger partial charge in [0.15, 0.2) is 0 Å². The first-order valence-electron chi connectivity index (χ1n) is 8.82. The van der Waals surface area contributed by atoms with Crippen LogP contribution in [0.4, 0.5) is 0 Å². The highest BCUT2D eigenvalue weighted by Crippen LogP contribution is 2.06. The van der Waals surface area contributed by atoms with Crippen molar-refractivity contribution in [2.75, 3.05) is 13.1 Å². The van der Waals surface area contributed by atoms with Gasteiger partial charge in [-0.15, -0.1) is 0 Å². The van der Waals surface area contributed by atoms with Crippen LogP contribution in [0.1, 0.15) is 90.9 Å². The molecule has 1 N–H and O–H groups in total. The Morgan fingerprint density at radius 1 is 0.571 bits per heavy atom. The van der Waals surface area contributed by atoms with Gasteiger partial charge in [-0.1, -0.05) is 38.5 Å². The molecule has 0 saturated heterocycles. The third kappa shape index (κ3) is 19.3. The summed E-state index contributed by atoms with van der Waals surface area (Å²) >= 11 is 0. The maximum atomic E-state index is 10.8. The van der Waals surface area contributed by atoms with Gasteiger partial charge < -0.3 is 14.9 Å². The van der Waals surface area contributed by atoms with Crippen LogP contribution in [-0.4, -0.2) is 24.7 Å². The van der Waals surface area contributed by atoms with Crippen molar-refractivity contribution in [3.63, 3.8) is 0 Å². The molecule has 0 atom stereocenters. The van der Waals surface area contributed by atoms with E-state index in [0.29, 0.717) is 11.6 Å². The fourth-order valence-electron chi connectivity index (χ4n) is 2.43. The Morgan fingerprint density at radius 2 is 0.905 bits per heavy atom. The number of carbonyl (C=O) groups excluding carboxylic acids is 2. The molecule has 0 saturated carbocycles. The number of ketones is 2. The summed E-state index contributed by atoms with van der Waals surface area (Å²) in [5.74, 6) is 0.635. The monoisotopic (exact) mass is 297 g/mol. The number of nitrogens with one attached hydrogen (secondary N) is 1. The Balaban J connectivity index is 2.99. The molecule has 0 rings (SSSR count). The minimum absolute atomic E-state index is 0.318. The largest absolute Gasteiger partial charge is 0.317 e. The second kappa shape index (κ2) is 15.7. The van der Waals surface area contributed by atoms with Crippen molar-refractivity contribution < 1.29 is 9.59 Å². The van der Waals surface area contributed by atoms with E-state index in [4.69, 9.17) is 0 Å². The van der Waals surface area contributed by atoms with Gasteiger partial charge in [0.1, 0.15) is 11.6 Å². The lowest BCUT2D eigenvalue weighted by molar-refractivity contribution is -0.117. The van der Waals surface area contributed by atoms with Crippen LogP contribution in [0.5, 0.6) is 0 Å². The van der Waals surface area contributed by atoms with Crippen LogP contribution in [0.25, 0.3) is 0 Å². The molecular weight excluding hydrogens is 262 g/mol. The Bertz CT molecular complexity index is 238. The predicted molar refractivity (Wildman–Crippen MR) is 89.6 cm³/mol. The average molecular weight is 297 g/mol. The lowest BCUT2D eigenvalue weighted by atomic mass is 10.1. The third-order valence-electron chi connectivity index (χ3n) is 3.76. The molecule has 3 heteroatoms. The lowest BCUT2D eigenvalue weighted by Gasteiger charge is -2.05. The normalized spacial score (nSPS) is 10.8. The van der Waals surface area contributed by atoms with Crippen LogP contribution >= 0.6 is 0 Å². The number of hydrogen-bond acceptors (Lipinski definition) is 3. The Labute approximate surface area is 131 Å². The molecule has 0 aromatic carbocycles. The molecule has 0 fully saturated rings. The molecule has 0 aromatic heterocycles. The highest BCUT2D eigenvalue weighted by molar-refractivity contribution is 5.75. The van der Waals surface area contributed by atoms with Crippen LogP contribution < -0.4 is 5.32 Å². The van der Waals surface area contributed by atoms with Gasteiger partial charge >= 0.3 is 0 Å². The second-order valence-corrected chi connectivity index (χ2v) is 6.19. The van der Waals surface area contributed by atoms with E-state index < -0.39 is 0 Å². The SMILES string of the molecule is CC(=O)CCCCCCCNCCCCCCCC(C)=O. The smallest absolute Gasteiger partial charge is 0.129 e. The molecule has 0 spiro atoms. The number of unbranched alkanes of at least 4 members (excludes halogenated alkanes) is 8. The van der Waals surface area contributed by atoms with E-state index in [1.807, 2.05) is 0 Å². The molecule has 0 heterocycles. The average Bonchev–Trinajstić information content (AvgIpc) is 2.42. The van der Waals surface area contributed by atoms with Gasteiger partial charge in [-0.3, -0.25) is 0 Å². The van der Waals surface area contributed by atoms with Crippen LogP contribution in [-0.2, 0) is 9.59 Å². The van der Waals surface area contributed by atoms with Crippen LogP contribution in [0.3, 0.4) is 0 Å². The van der Waals surface area contributed by atoms with E-state index >= 15 is 0 Å². The minimum atomic E-state index is 0.318. The maximum absolute atomic E-state index is 10.8. The van der Waals surface area contributed by atoms with Crippen molar-refractivity contribution in [2.45, 2.75) is 90.9 Å². The molecule has 0 aliphatic rings. The fraction of sp³-hybridized carbons (Fsp3) is 0.889. The van der Waals surface area contributed by atoms with E-state index in [1.54, 1.807) is 13.8 Å². The topological polar surface area (TPSA) is 46.2 Å². The van der Waals surface area contributed by atoms with Crippen molar-refractivity contribution in [2.24, 2.45) is 0 Å². The number of carbonyl (C=O) groups is 2. The van der Waals surface area contributed by atoms with Gasteiger partial charge in [-0.05, 0) is 52.6 Å². The van der Waals surface area contributed by atoms with E-state index in [-0.39, 0.29) is 0 Å². The summed E-state index contributed by atoms with van der Waals surface area (Å²) in [7, 11) is 0. The summed E-state index contributed by atoms with van der Waals surface area (Å²) in [6, 6.07) is 0. The first-order valence-corrected chi connectivity index (χ1v) is 8.82. The Morgan fingerprint density at radius 3 is 1.29 bits per heavy atom. The third-order valence-corrected chi connectivity index (χ3v) is 3.76. The van der Waals surface area contributed by atoms with E-state index in [9.17, 15) is 9.59 Å². The van der Waals surface area contributed by atoms with E-state index in [1.165, 1.54) is 51.4 Å². The quantitative estimate of drug-likeness (QED) is 0.429. The van der Waals surface area contributed by atoms with E-state index in [0.717, 1.165) is 38.8 Å². The molecule has 0 aliphatic heterocycles. The standard InChI is InChI=1S/C18H35NO2/c1-17(20)13-9-5-3-7-11-15-19-16-12-8-4-6-10-14-18(2)21/h19H,3-16H2,1-2H3. The first-order chi connectivity index (χ1) is 10.1. The number of Topliss-reactive ketones (excluding diaryl/α,β-unsaturated/α-hetero) is 2. The van der Waals surface area contributed by atoms with Crippen LogP contribution in [0, 0.1) is 0 Å². The molecule has 0 radical (unpaired) electrons. The Hall–Kier alpha value is -0.700. The van der Waals surface area contributed by atoms with Crippen molar-refractivity contribution >= 4 is 11.6 Å². The van der Waals surface area contributed by atoms with Crippen molar-refractivity contribution in [3.05, 3.63) is 0 Å². The summed E-state index contributed by atoms with van der Waals surface area (Å²) in [6.45, 7) is 5.59. The summed E-state index contributed by atoms with van der Waals surface area (Å²) in [5, 5.41) is 3.50. The van der Waals surface area contributed by atoms with Gasteiger partial charge in [0.25, 0.3) is 0 Å². The zero-order valence-corrected chi connectivity index (χ0v) is 14.2. The summed E-state index contributed by atoms with van der Waals surface area (Å²) in [5.41, 5.74) is 0. The van der Waals surface area contributed by atoms with Gasteiger partial charge in [0.05, 0.1) is 0 Å². The van der Waals surface area contributed by atoms with Crippen molar-refractivity contribution in [1.82, 2.24) is 5.32 Å². The fourth-order valence-corrected chi connectivity index (χ4v) is 2.43. The predicted octanol–water partition coefficient (Wildman–Crippen LogP) is 4.44. The zero-order valence-electron chi connectivity index (χ0n) is 14.2. The summed E-state index contributed by atoms with van der Waals surface area (Å²) in [6.07, 6.45) is 13.6. The summed E-state index contributed by atoms with van der Waals surface area (Å²) < 4.78 is 0. The molecule has 21 heavy (non-hydrogen) atoms. The molecular formula is C18H35NO2. The molecule has 0 aromatic rings. The molecule has 0 bridgehead atoms. The first kappa shape index (κ1) is 20.3. The van der Waals surface area contributed by atoms with Gasteiger partial charge in [-0.25, -0.2) is 0 Å². The molecule has 0 aliphatic carbocycles. The summed E-state index contributed by atoms with van der Waals surface area (Å²) in [4.78, 5) is 21.5. The molecule has 3 nitrogen and oxygen atoms in total. The highest BCUT2D eigenvalue weighted by Gasteiger charge is 1.96.